The number of benzene rings is 1. The molecule has 0 radical (unpaired) electrons. The number of hydrogen-bond donors (Lipinski definition) is 2. The van der Waals surface area contributed by atoms with Crippen LogP contribution in [0.3, 0.4) is 0 Å². The molecular formula is C19H23N3O4. The molecule has 0 saturated carbocycles. The van der Waals surface area contributed by atoms with Gasteiger partial charge >= 0.3 is 0 Å². The van der Waals surface area contributed by atoms with Crippen LogP contribution in [0.2, 0.25) is 0 Å². The molecule has 2 N–H and O–H groups in total. The van der Waals surface area contributed by atoms with Gasteiger partial charge in [0.05, 0.1) is 12.2 Å². The molecule has 2 aromatic rings. The first-order valence-electron chi connectivity index (χ1n) is 8.49. The van der Waals surface area contributed by atoms with E-state index in [9.17, 15) is 9.59 Å². The quantitative estimate of drug-likeness (QED) is 0.633. The van der Waals surface area contributed by atoms with E-state index >= 15 is 0 Å². The fraction of sp³-hybridized carbons (Fsp3) is 0.316. The van der Waals surface area contributed by atoms with Crippen molar-refractivity contribution in [2.45, 2.75) is 13.3 Å². The zero-order valence-corrected chi connectivity index (χ0v) is 14.7. The molecule has 0 aliphatic rings. The first-order chi connectivity index (χ1) is 12.7. The van der Waals surface area contributed by atoms with Crippen molar-refractivity contribution >= 4 is 11.8 Å². The summed E-state index contributed by atoms with van der Waals surface area (Å²) in [6.45, 7) is 3.38. The molecular weight excluding hydrogens is 334 g/mol. The minimum atomic E-state index is -0.211. The number of nitrogens with one attached hydrogen (secondary N) is 2. The maximum atomic E-state index is 11.8. The van der Waals surface area contributed by atoms with Gasteiger partial charge in [-0.25, -0.2) is 0 Å². The largest absolute Gasteiger partial charge is 0.494 e. The summed E-state index contributed by atoms with van der Waals surface area (Å²) in [7, 11) is 0. The van der Waals surface area contributed by atoms with Crippen molar-refractivity contribution in [3.63, 3.8) is 0 Å². The van der Waals surface area contributed by atoms with Crippen LogP contribution in [0.5, 0.6) is 11.5 Å². The Morgan fingerprint density at radius 3 is 2.35 bits per heavy atom. The number of hydrogen-bond acceptors (Lipinski definition) is 5. The second-order valence-electron chi connectivity index (χ2n) is 5.39. The highest BCUT2D eigenvalue weighted by Crippen LogP contribution is 2.17. The van der Waals surface area contributed by atoms with Crippen LogP contribution in [-0.4, -0.2) is 43.1 Å². The number of carbonyl (C=O) groups is 2. The van der Waals surface area contributed by atoms with Gasteiger partial charge in [0, 0.05) is 25.5 Å². The van der Waals surface area contributed by atoms with E-state index in [4.69, 9.17) is 9.47 Å². The van der Waals surface area contributed by atoms with Crippen LogP contribution < -0.4 is 20.1 Å². The molecule has 0 bridgehead atoms. The van der Waals surface area contributed by atoms with Crippen molar-refractivity contribution < 1.29 is 19.1 Å². The summed E-state index contributed by atoms with van der Waals surface area (Å²) in [5, 5.41) is 5.52. The monoisotopic (exact) mass is 357 g/mol. The van der Waals surface area contributed by atoms with Gasteiger partial charge in [0.1, 0.15) is 11.5 Å². The van der Waals surface area contributed by atoms with Gasteiger partial charge in [0.15, 0.2) is 6.61 Å². The van der Waals surface area contributed by atoms with Gasteiger partial charge in [-0.05, 0) is 49.7 Å². The van der Waals surface area contributed by atoms with Gasteiger partial charge in [-0.2, -0.15) is 0 Å². The molecule has 2 amide bonds. The van der Waals surface area contributed by atoms with E-state index in [0.717, 1.165) is 5.75 Å². The van der Waals surface area contributed by atoms with Crippen LogP contribution in [-0.2, 0) is 4.79 Å². The number of rotatable bonds is 10. The minimum absolute atomic E-state index is 0.0595. The van der Waals surface area contributed by atoms with Gasteiger partial charge in [-0.3, -0.25) is 14.6 Å². The lowest BCUT2D eigenvalue weighted by Crippen LogP contribution is -2.32. The first kappa shape index (κ1) is 19.2. The van der Waals surface area contributed by atoms with Crippen LogP contribution in [0.15, 0.2) is 48.8 Å². The average molecular weight is 357 g/mol. The van der Waals surface area contributed by atoms with Gasteiger partial charge < -0.3 is 20.1 Å². The van der Waals surface area contributed by atoms with Crippen molar-refractivity contribution in [1.29, 1.82) is 0 Å². The van der Waals surface area contributed by atoms with Gasteiger partial charge in [0.25, 0.3) is 11.8 Å². The van der Waals surface area contributed by atoms with Crippen LogP contribution in [0.25, 0.3) is 0 Å². The third kappa shape index (κ3) is 6.80. The summed E-state index contributed by atoms with van der Waals surface area (Å²) in [5.41, 5.74) is 0.514. The van der Waals surface area contributed by atoms with Gasteiger partial charge in [-0.1, -0.05) is 0 Å². The van der Waals surface area contributed by atoms with Crippen LogP contribution >= 0.6 is 0 Å². The lowest BCUT2D eigenvalue weighted by molar-refractivity contribution is -0.123. The Bertz CT molecular complexity index is 690. The van der Waals surface area contributed by atoms with E-state index in [-0.39, 0.29) is 18.4 Å². The summed E-state index contributed by atoms with van der Waals surface area (Å²) in [6, 6.07) is 10.5. The van der Waals surface area contributed by atoms with E-state index in [1.807, 2.05) is 6.92 Å². The molecule has 0 spiro atoms. The van der Waals surface area contributed by atoms with E-state index in [0.29, 0.717) is 37.4 Å². The Morgan fingerprint density at radius 1 is 1.00 bits per heavy atom. The molecule has 0 fully saturated rings. The predicted molar refractivity (Wildman–Crippen MR) is 97.3 cm³/mol. The van der Waals surface area contributed by atoms with Gasteiger partial charge in [0.2, 0.25) is 0 Å². The Morgan fingerprint density at radius 2 is 1.69 bits per heavy atom. The van der Waals surface area contributed by atoms with Crippen LogP contribution in [0, 0.1) is 0 Å². The highest BCUT2D eigenvalue weighted by atomic mass is 16.5. The lowest BCUT2D eigenvalue weighted by Gasteiger charge is -2.09. The number of carbonyl (C=O) groups excluding carboxylic acids is 2. The summed E-state index contributed by atoms with van der Waals surface area (Å²) < 4.78 is 10.7. The molecule has 1 aromatic carbocycles. The maximum Gasteiger partial charge on any atom is 0.257 e. The van der Waals surface area contributed by atoms with Crippen molar-refractivity contribution in [2.24, 2.45) is 0 Å². The number of amides is 2. The molecule has 7 nitrogen and oxygen atoms in total. The second-order valence-corrected chi connectivity index (χ2v) is 5.39. The second kappa shape index (κ2) is 10.7. The van der Waals surface area contributed by atoms with Crippen molar-refractivity contribution in [3.05, 3.63) is 54.4 Å². The molecule has 0 atom stereocenters. The topological polar surface area (TPSA) is 89.5 Å². The first-order valence-corrected chi connectivity index (χ1v) is 8.49. The normalized spacial score (nSPS) is 10.0. The molecule has 26 heavy (non-hydrogen) atoms. The zero-order valence-electron chi connectivity index (χ0n) is 14.7. The Hall–Kier alpha value is -3.09. The average Bonchev–Trinajstić information content (AvgIpc) is 2.68. The summed E-state index contributed by atoms with van der Waals surface area (Å²) in [6.07, 6.45) is 3.75. The third-order valence-corrected chi connectivity index (χ3v) is 3.39. The fourth-order valence-corrected chi connectivity index (χ4v) is 2.12. The molecule has 1 aromatic heterocycles. The number of ether oxygens (including phenoxy) is 2. The minimum Gasteiger partial charge on any atom is -0.494 e. The van der Waals surface area contributed by atoms with Crippen molar-refractivity contribution in [2.75, 3.05) is 26.3 Å². The summed E-state index contributed by atoms with van der Waals surface area (Å²) >= 11 is 0. The Balaban J connectivity index is 1.56. The molecule has 0 saturated heterocycles. The van der Waals surface area contributed by atoms with E-state index in [1.54, 1.807) is 42.6 Å². The Kier molecular flexibility index (Phi) is 7.92. The standard InChI is InChI=1S/C19H23N3O4/c1-2-25-16-6-8-17(9-7-16)26-14-18(23)21-11-4-12-22-19(24)15-5-3-10-20-13-15/h3,5-10,13H,2,4,11-12,14H2,1H3,(H,21,23)(H,22,24). The molecule has 2 rings (SSSR count). The van der Waals surface area contributed by atoms with Gasteiger partial charge in [-0.15, -0.1) is 0 Å². The third-order valence-electron chi connectivity index (χ3n) is 3.39. The van der Waals surface area contributed by atoms with E-state index < -0.39 is 0 Å². The molecule has 0 unspecified atom stereocenters. The zero-order chi connectivity index (χ0) is 18.6. The van der Waals surface area contributed by atoms with Crippen LogP contribution in [0.1, 0.15) is 23.7 Å². The molecule has 7 heteroatoms. The smallest absolute Gasteiger partial charge is 0.257 e. The summed E-state index contributed by atoms with van der Waals surface area (Å²) in [5.74, 6) is 0.977. The molecule has 0 aliphatic heterocycles. The highest BCUT2D eigenvalue weighted by Gasteiger charge is 2.05. The predicted octanol–water partition coefficient (Wildman–Crippen LogP) is 1.80. The molecule has 0 aliphatic carbocycles. The van der Waals surface area contributed by atoms with E-state index in [2.05, 4.69) is 15.6 Å². The Labute approximate surface area is 152 Å². The maximum absolute atomic E-state index is 11.8. The SMILES string of the molecule is CCOc1ccc(OCC(=O)NCCCNC(=O)c2cccnc2)cc1. The van der Waals surface area contributed by atoms with Crippen LogP contribution in [0.4, 0.5) is 0 Å². The highest BCUT2D eigenvalue weighted by molar-refractivity contribution is 5.93. The number of pyridine rings is 1. The molecule has 1 heterocycles. The molecule has 138 valence electrons. The van der Waals surface area contributed by atoms with E-state index in [1.165, 1.54) is 6.20 Å². The fourth-order valence-electron chi connectivity index (χ4n) is 2.12. The number of aromatic nitrogens is 1. The van der Waals surface area contributed by atoms with Crippen molar-refractivity contribution in [3.8, 4) is 11.5 Å². The van der Waals surface area contributed by atoms with Crippen molar-refractivity contribution in [1.82, 2.24) is 15.6 Å². The lowest BCUT2D eigenvalue weighted by atomic mass is 10.2. The number of nitrogens with zero attached hydrogens (tertiary/aromatic N) is 1. The summed E-state index contributed by atoms with van der Waals surface area (Å²) in [4.78, 5) is 27.4.